The molecule has 0 unspecified atom stereocenters. The average molecular weight is 280 g/mol. The Kier molecular flexibility index (Phi) is 3.91. The van der Waals surface area contributed by atoms with Crippen LogP contribution in [0.15, 0.2) is 54.6 Å². The Hall–Kier alpha value is -2.29. The van der Waals surface area contributed by atoms with Crippen molar-refractivity contribution >= 4 is 11.0 Å². The van der Waals surface area contributed by atoms with Gasteiger partial charge in [-0.1, -0.05) is 37.3 Å². The number of para-hydroxylation sites is 3. The molecule has 3 nitrogen and oxygen atoms in total. The molecule has 3 heteroatoms. The lowest BCUT2D eigenvalue weighted by molar-refractivity contribution is 0.187. The summed E-state index contributed by atoms with van der Waals surface area (Å²) in [5.41, 5.74) is 2.20. The molecule has 0 fully saturated rings. The number of ether oxygens (including phenoxy) is 1. The van der Waals surface area contributed by atoms with Crippen molar-refractivity contribution in [3.05, 3.63) is 60.4 Å². The van der Waals surface area contributed by atoms with E-state index in [1.165, 1.54) is 5.52 Å². The molecule has 1 atom stereocenters. The number of imidazole rings is 1. The van der Waals surface area contributed by atoms with Gasteiger partial charge in [0.1, 0.15) is 5.75 Å². The zero-order valence-electron chi connectivity index (χ0n) is 12.5. The first-order valence-electron chi connectivity index (χ1n) is 7.50. The van der Waals surface area contributed by atoms with Crippen LogP contribution in [0.1, 0.15) is 32.2 Å². The van der Waals surface area contributed by atoms with E-state index in [0.717, 1.165) is 30.1 Å². The van der Waals surface area contributed by atoms with E-state index < -0.39 is 0 Å². The predicted molar refractivity (Wildman–Crippen MR) is 85.5 cm³/mol. The van der Waals surface area contributed by atoms with Gasteiger partial charge < -0.3 is 9.30 Å². The van der Waals surface area contributed by atoms with Gasteiger partial charge in [0, 0.05) is 6.54 Å². The number of nitrogens with zero attached hydrogens (tertiary/aromatic N) is 2. The van der Waals surface area contributed by atoms with Crippen LogP contribution in [-0.2, 0) is 6.54 Å². The molecule has 0 aliphatic carbocycles. The molecule has 3 rings (SSSR count). The first kappa shape index (κ1) is 13.7. The van der Waals surface area contributed by atoms with E-state index in [-0.39, 0.29) is 6.10 Å². The van der Waals surface area contributed by atoms with Crippen molar-refractivity contribution in [3.63, 3.8) is 0 Å². The van der Waals surface area contributed by atoms with Crippen LogP contribution in [0, 0.1) is 0 Å². The van der Waals surface area contributed by atoms with Crippen molar-refractivity contribution in [2.24, 2.45) is 0 Å². The van der Waals surface area contributed by atoms with Crippen LogP contribution in [-0.4, -0.2) is 9.55 Å². The fraction of sp³-hybridized carbons (Fsp3) is 0.278. The summed E-state index contributed by atoms with van der Waals surface area (Å²) in [5, 5.41) is 0. The van der Waals surface area contributed by atoms with E-state index in [1.807, 2.05) is 36.4 Å². The second-order valence-corrected chi connectivity index (χ2v) is 5.03. The summed E-state index contributed by atoms with van der Waals surface area (Å²) in [6.45, 7) is 5.17. The molecule has 0 aliphatic rings. The van der Waals surface area contributed by atoms with Gasteiger partial charge in [-0.2, -0.15) is 0 Å². The van der Waals surface area contributed by atoms with Crippen molar-refractivity contribution in [3.8, 4) is 5.75 Å². The Morgan fingerprint density at radius 2 is 1.71 bits per heavy atom. The Morgan fingerprint density at radius 1 is 1.00 bits per heavy atom. The number of aryl methyl sites for hydroxylation is 1. The first-order chi connectivity index (χ1) is 10.3. The Bertz CT molecular complexity index is 718. The van der Waals surface area contributed by atoms with E-state index in [9.17, 15) is 0 Å². The molecule has 0 radical (unpaired) electrons. The van der Waals surface area contributed by atoms with Crippen LogP contribution < -0.4 is 4.74 Å². The van der Waals surface area contributed by atoms with Gasteiger partial charge in [-0.3, -0.25) is 0 Å². The maximum absolute atomic E-state index is 6.14. The molecule has 21 heavy (non-hydrogen) atoms. The van der Waals surface area contributed by atoms with Gasteiger partial charge in [0.05, 0.1) is 11.0 Å². The molecule has 1 heterocycles. The summed E-state index contributed by atoms with van der Waals surface area (Å²) in [7, 11) is 0. The summed E-state index contributed by atoms with van der Waals surface area (Å²) in [4.78, 5) is 4.79. The highest BCUT2D eigenvalue weighted by molar-refractivity contribution is 5.76. The monoisotopic (exact) mass is 280 g/mol. The van der Waals surface area contributed by atoms with E-state index in [2.05, 4.69) is 36.6 Å². The Balaban J connectivity index is 2.00. The normalized spacial score (nSPS) is 12.5. The third kappa shape index (κ3) is 2.64. The third-order valence-corrected chi connectivity index (χ3v) is 3.68. The summed E-state index contributed by atoms with van der Waals surface area (Å²) < 4.78 is 8.38. The number of aromatic nitrogens is 2. The lowest BCUT2D eigenvalue weighted by Gasteiger charge is -2.18. The molecule has 2 aromatic carbocycles. The Morgan fingerprint density at radius 3 is 2.43 bits per heavy atom. The maximum Gasteiger partial charge on any atom is 0.156 e. The lowest BCUT2D eigenvalue weighted by Crippen LogP contribution is -2.13. The zero-order chi connectivity index (χ0) is 14.7. The van der Waals surface area contributed by atoms with Crippen LogP contribution in [0.5, 0.6) is 5.75 Å². The predicted octanol–water partition coefficient (Wildman–Crippen LogP) is 4.59. The number of rotatable bonds is 5. The highest BCUT2D eigenvalue weighted by atomic mass is 16.5. The van der Waals surface area contributed by atoms with Gasteiger partial charge in [0.2, 0.25) is 0 Å². The van der Waals surface area contributed by atoms with Crippen LogP contribution in [0.2, 0.25) is 0 Å². The quantitative estimate of drug-likeness (QED) is 0.683. The van der Waals surface area contributed by atoms with E-state index in [4.69, 9.17) is 9.72 Å². The summed E-state index contributed by atoms with van der Waals surface area (Å²) >= 11 is 0. The SMILES string of the molecule is CC[C@H](Oc1ccccc1)c1nc2ccccc2n1CC. The van der Waals surface area contributed by atoms with Crippen molar-refractivity contribution < 1.29 is 4.74 Å². The average Bonchev–Trinajstić information content (AvgIpc) is 2.92. The van der Waals surface area contributed by atoms with Crippen molar-refractivity contribution in [1.82, 2.24) is 9.55 Å². The molecule has 0 N–H and O–H groups in total. The second kappa shape index (κ2) is 6.00. The van der Waals surface area contributed by atoms with E-state index in [1.54, 1.807) is 0 Å². The zero-order valence-corrected chi connectivity index (χ0v) is 12.5. The standard InChI is InChI=1S/C18H20N2O/c1-3-17(21-14-10-6-5-7-11-14)18-19-15-12-8-9-13-16(15)20(18)4-2/h5-13,17H,3-4H2,1-2H3/t17-/m0/s1. The minimum absolute atomic E-state index is 0.0280. The van der Waals surface area contributed by atoms with Gasteiger partial charge in [0.25, 0.3) is 0 Å². The van der Waals surface area contributed by atoms with Crippen molar-refractivity contribution in [1.29, 1.82) is 0 Å². The highest BCUT2D eigenvalue weighted by Crippen LogP contribution is 2.27. The van der Waals surface area contributed by atoms with Crippen LogP contribution in [0.4, 0.5) is 0 Å². The lowest BCUT2D eigenvalue weighted by atomic mass is 10.2. The molecule has 0 bridgehead atoms. The fourth-order valence-electron chi connectivity index (χ4n) is 2.65. The Labute approximate surface area is 125 Å². The van der Waals surface area contributed by atoms with Crippen molar-refractivity contribution in [2.45, 2.75) is 32.9 Å². The van der Waals surface area contributed by atoms with E-state index >= 15 is 0 Å². The molecule has 0 aliphatic heterocycles. The molecule has 1 aromatic heterocycles. The molecule has 0 saturated carbocycles. The number of fused-ring (bicyclic) bond motifs is 1. The second-order valence-electron chi connectivity index (χ2n) is 5.03. The van der Waals surface area contributed by atoms with Gasteiger partial charge in [-0.15, -0.1) is 0 Å². The highest BCUT2D eigenvalue weighted by Gasteiger charge is 2.19. The topological polar surface area (TPSA) is 27.1 Å². The number of hydrogen-bond donors (Lipinski definition) is 0. The molecule has 3 aromatic rings. The number of benzene rings is 2. The van der Waals surface area contributed by atoms with Gasteiger partial charge in [-0.25, -0.2) is 4.98 Å². The van der Waals surface area contributed by atoms with Crippen LogP contribution in [0.25, 0.3) is 11.0 Å². The van der Waals surface area contributed by atoms with E-state index in [0.29, 0.717) is 0 Å². The van der Waals surface area contributed by atoms with Crippen LogP contribution >= 0.6 is 0 Å². The summed E-state index contributed by atoms with van der Waals surface area (Å²) in [6.07, 6.45) is 0.859. The molecular formula is C18H20N2O. The molecule has 0 saturated heterocycles. The van der Waals surface area contributed by atoms with Gasteiger partial charge in [0.15, 0.2) is 11.9 Å². The van der Waals surface area contributed by atoms with Crippen molar-refractivity contribution in [2.75, 3.05) is 0 Å². The largest absolute Gasteiger partial charge is 0.483 e. The fourth-order valence-corrected chi connectivity index (χ4v) is 2.65. The summed E-state index contributed by atoms with van der Waals surface area (Å²) in [6, 6.07) is 18.2. The molecule has 0 spiro atoms. The molecular weight excluding hydrogens is 260 g/mol. The third-order valence-electron chi connectivity index (χ3n) is 3.68. The minimum atomic E-state index is -0.0280. The summed E-state index contributed by atoms with van der Waals surface area (Å²) in [5.74, 6) is 1.89. The number of hydrogen-bond acceptors (Lipinski definition) is 2. The first-order valence-corrected chi connectivity index (χ1v) is 7.50. The van der Waals surface area contributed by atoms with Crippen LogP contribution in [0.3, 0.4) is 0 Å². The smallest absolute Gasteiger partial charge is 0.156 e. The molecule has 0 amide bonds. The maximum atomic E-state index is 6.14. The minimum Gasteiger partial charge on any atom is -0.483 e. The molecule has 108 valence electrons. The van der Waals surface area contributed by atoms with Gasteiger partial charge >= 0.3 is 0 Å². The van der Waals surface area contributed by atoms with Gasteiger partial charge in [-0.05, 0) is 37.6 Å².